The Bertz CT molecular complexity index is 1110. The minimum atomic E-state index is -0.801. The van der Waals surface area contributed by atoms with Crippen LogP contribution < -0.4 is 16.0 Å². The van der Waals surface area contributed by atoms with Crippen LogP contribution in [-0.2, 0) is 14.3 Å². The Morgan fingerprint density at radius 3 is 2.59 bits per heavy atom. The first-order valence-corrected chi connectivity index (χ1v) is 8.69. The standard InChI is InChI=1S/C20H19N3O6/c1-28-17(25)10-14(12-5-7-13(8-6-12)29-11-15(21)24)18-19(26)22-16-4-2-3-9-23(16)20(18)27/h2-9,14,26H,10-11H2,1H3,(H2,21,24)/t14-/m0/s1. The van der Waals surface area contributed by atoms with Gasteiger partial charge in [0.05, 0.1) is 19.1 Å². The van der Waals surface area contributed by atoms with Crippen molar-refractivity contribution in [1.29, 1.82) is 0 Å². The minimum absolute atomic E-state index is 0.0232. The van der Waals surface area contributed by atoms with Crippen LogP contribution in [0.25, 0.3) is 5.65 Å². The second-order valence-electron chi connectivity index (χ2n) is 6.24. The van der Waals surface area contributed by atoms with Gasteiger partial charge in [0.1, 0.15) is 11.4 Å². The van der Waals surface area contributed by atoms with Crippen molar-refractivity contribution in [3.8, 4) is 11.6 Å². The van der Waals surface area contributed by atoms with E-state index in [-0.39, 0.29) is 24.2 Å². The molecule has 9 heteroatoms. The number of rotatable bonds is 7. The number of aromatic hydroxyl groups is 1. The van der Waals surface area contributed by atoms with Gasteiger partial charge in [-0.25, -0.2) is 0 Å². The van der Waals surface area contributed by atoms with Gasteiger partial charge in [0, 0.05) is 12.1 Å². The highest BCUT2D eigenvalue weighted by Gasteiger charge is 2.27. The summed E-state index contributed by atoms with van der Waals surface area (Å²) in [7, 11) is 1.24. The van der Waals surface area contributed by atoms with Gasteiger partial charge in [-0.15, -0.1) is 0 Å². The van der Waals surface area contributed by atoms with Crippen molar-refractivity contribution in [2.24, 2.45) is 5.73 Å². The van der Waals surface area contributed by atoms with Gasteiger partial charge in [0.2, 0.25) is 5.88 Å². The van der Waals surface area contributed by atoms with E-state index in [9.17, 15) is 19.5 Å². The van der Waals surface area contributed by atoms with Gasteiger partial charge < -0.3 is 20.3 Å². The molecule has 150 valence electrons. The van der Waals surface area contributed by atoms with Crippen molar-refractivity contribution in [2.75, 3.05) is 13.7 Å². The van der Waals surface area contributed by atoms with Crippen LogP contribution >= 0.6 is 0 Å². The number of amides is 1. The fraction of sp³-hybridized carbons (Fsp3) is 0.200. The molecule has 0 spiro atoms. The molecule has 3 rings (SSSR count). The molecule has 0 saturated carbocycles. The third-order valence-corrected chi connectivity index (χ3v) is 4.36. The molecule has 3 N–H and O–H groups in total. The number of pyridine rings is 1. The van der Waals surface area contributed by atoms with Gasteiger partial charge in [-0.3, -0.25) is 18.8 Å². The first-order chi connectivity index (χ1) is 13.9. The average molecular weight is 397 g/mol. The van der Waals surface area contributed by atoms with Gasteiger partial charge in [0.25, 0.3) is 11.5 Å². The maximum absolute atomic E-state index is 13.0. The predicted molar refractivity (Wildman–Crippen MR) is 103 cm³/mol. The van der Waals surface area contributed by atoms with E-state index in [4.69, 9.17) is 15.2 Å². The van der Waals surface area contributed by atoms with Crippen LogP contribution in [0.15, 0.2) is 53.5 Å². The van der Waals surface area contributed by atoms with Crippen LogP contribution in [0.1, 0.15) is 23.5 Å². The van der Waals surface area contributed by atoms with E-state index in [0.717, 1.165) is 0 Å². The number of carbonyl (C=O) groups is 2. The molecule has 29 heavy (non-hydrogen) atoms. The normalized spacial score (nSPS) is 11.8. The molecule has 0 unspecified atom stereocenters. The molecule has 0 saturated heterocycles. The molecule has 0 bridgehead atoms. The highest BCUT2D eigenvalue weighted by Crippen LogP contribution is 2.32. The summed E-state index contributed by atoms with van der Waals surface area (Å²) >= 11 is 0. The van der Waals surface area contributed by atoms with E-state index in [2.05, 4.69) is 4.98 Å². The third-order valence-electron chi connectivity index (χ3n) is 4.36. The molecule has 2 heterocycles. The third kappa shape index (κ3) is 4.34. The molecule has 1 atom stereocenters. The SMILES string of the molecule is COC(=O)C[C@@H](c1ccc(OCC(N)=O)cc1)c1c(O)nc2ccccn2c1=O. The summed E-state index contributed by atoms with van der Waals surface area (Å²) < 4.78 is 11.3. The summed E-state index contributed by atoms with van der Waals surface area (Å²) in [6.07, 6.45) is 1.35. The number of methoxy groups -OCH3 is 1. The lowest BCUT2D eigenvalue weighted by Gasteiger charge is -2.18. The summed E-state index contributed by atoms with van der Waals surface area (Å²) in [5, 5.41) is 10.5. The zero-order valence-electron chi connectivity index (χ0n) is 15.6. The van der Waals surface area contributed by atoms with Gasteiger partial charge in [-0.1, -0.05) is 18.2 Å². The van der Waals surface area contributed by atoms with Crippen molar-refractivity contribution in [3.05, 3.63) is 70.1 Å². The molecule has 9 nitrogen and oxygen atoms in total. The molecule has 1 amide bonds. The van der Waals surface area contributed by atoms with E-state index in [1.165, 1.54) is 17.7 Å². The largest absolute Gasteiger partial charge is 0.493 e. The quantitative estimate of drug-likeness (QED) is 0.567. The zero-order chi connectivity index (χ0) is 21.0. The van der Waals surface area contributed by atoms with Crippen molar-refractivity contribution in [3.63, 3.8) is 0 Å². The number of hydrogen-bond donors (Lipinski definition) is 2. The van der Waals surface area contributed by atoms with Crippen LogP contribution in [0.3, 0.4) is 0 Å². The van der Waals surface area contributed by atoms with Gasteiger partial charge in [-0.2, -0.15) is 4.98 Å². The lowest BCUT2D eigenvalue weighted by molar-refractivity contribution is -0.140. The summed E-state index contributed by atoms with van der Waals surface area (Å²) in [6, 6.07) is 11.3. The van der Waals surface area contributed by atoms with E-state index in [1.54, 1.807) is 42.5 Å². The van der Waals surface area contributed by atoms with E-state index >= 15 is 0 Å². The Morgan fingerprint density at radius 1 is 1.21 bits per heavy atom. The van der Waals surface area contributed by atoms with Crippen molar-refractivity contribution < 1.29 is 24.2 Å². The van der Waals surface area contributed by atoms with E-state index in [0.29, 0.717) is 11.3 Å². The maximum atomic E-state index is 13.0. The average Bonchev–Trinajstić information content (AvgIpc) is 2.71. The number of nitrogens with zero attached hydrogens (tertiary/aromatic N) is 2. The first-order valence-electron chi connectivity index (χ1n) is 8.69. The Kier molecular flexibility index (Phi) is 5.77. The fourth-order valence-corrected chi connectivity index (χ4v) is 2.98. The van der Waals surface area contributed by atoms with Gasteiger partial charge >= 0.3 is 5.97 Å². The number of carbonyl (C=O) groups excluding carboxylic acids is 2. The molecular weight excluding hydrogens is 378 g/mol. The number of fused-ring (bicyclic) bond motifs is 1. The molecule has 3 aromatic rings. The van der Waals surface area contributed by atoms with Crippen molar-refractivity contribution in [1.82, 2.24) is 9.38 Å². The number of primary amides is 1. The van der Waals surface area contributed by atoms with Crippen LogP contribution in [0.5, 0.6) is 11.6 Å². The molecule has 2 aromatic heterocycles. The van der Waals surface area contributed by atoms with Crippen LogP contribution in [0.2, 0.25) is 0 Å². The second-order valence-corrected chi connectivity index (χ2v) is 6.24. The van der Waals surface area contributed by atoms with Crippen molar-refractivity contribution in [2.45, 2.75) is 12.3 Å². The minimum Gasteiger partial charge on any atom is -0.493 e. The monoisotopic (exact) mass is 397 g/mol. The predicted octanol–water partition coefficient (Wildman–Crippen LogP) is 0.959. The van der Waals surface area contributed by atoms with Crippen LogP contribution in [0, 0.1) is 0 Å². The lowest BCUT2D eigenvalue weighted by atomic mass is 9.89. The Balaban J connectivity index is 2.07. The first kappa shape index (κ1) is 19.9. The van der Waals surface area contributed by atoms with Crippen LogP contribution in [-0.4, -0.2) is 40.1 Å². The Hall–Kier alpha value is -3.88. The van der Waals surface area contributed by atoms with Gasteiger partial charge in [0.15, 0.2) is 6.61 Å². The number of hydrogen-bond acceptors (Lipinski definition) is 7. The van der Waals surface area contributed by atoms with E-state index in [1.807, 2.05) is 0 Å². The number of nitrogens with two attached hydrogens (primary N) is 1. The molecule has 0 aliphatic rings. The Labute approximate surface area is 165 Å². The highest BCUT2D eigenvalue weighted by molar-refractivity contribution is 5.75. The highest BCUT2D eigenvalue weighted by atomic mass is 16.5. The summed E-state index contributed by atoms with van der Waals surface area (Å²) in [6.45, 7) is -0.276. The topological polar surface area (TPSA) is 133 Å². The molecule has 0 aliphatic heterocycles. The number of aromatic nitrogens is 2. The Morgan fingerprint density at radius 2 is 1.93 bits per heavy atom. The zero-order valence-corrected chi connectivity index (χ0v) is 15.6. The molecule has 0 fully saturated rings. The number of benzene rings is 1. The van der Waals surface area contributed by atoms with Crippen LogP contribution in [0.4, 0.5) is 0 Å². The number of esters is 1. The maximum Gasteiger partial charge on any atom is 0.306 e. The second kappa shape index (κ2) is 8.42. The van der Waals surface area contributed by atoms with Crippen molar-refractivity contribution >= 4 is 17.5 Å². The summed E-state index contributed by atoms with van der Waals surface area (Å²) in [4.78, 5) is 39.9. The molecule has 0 radical (unpaired) electrons. The summed E-state index contributed by atoms with van der Waals surface area (Å²) in [5.41, 5.74) is 5.39. The molecule has 1 aromatic carbocycles. The summed E-state index contributed by atoms with van der Waals surface area (Å²) in [5.74, 6) is -2.03. The van der Waals surface area contributed by atoms with E-state index < -0.39 is 29.2 Å². The van der Waals surface area contributed by atoms with Gasteiger partial charge in [-0.05, 0) is 29.8 Å². The molecule has 0 aliphatic carbocycles. The lowest BCUT2D eigenvalue weighted by Crippen LogP contribution is -2.24. The fourth-order valence-electron chi connectivity index (χ4n) is 2.98. The molecular formula is C20H19N3O6. The smallest absolute Gasteiger partial charge is 0.306 e. The number of ether oxygens (including phenoxy) is 2.